The quantitative estimate of drug-likeness (QED) is 0.390. The van der Waals surface area contributed by atoms with Crippen molar-refractivity contribution >= 4 is 52.0 Å². The number of fused-ring (bicyclic) bond motifs is 1. The van der Waals surface area contributed by atoms with Gasteiger partial charge in [-0.15, -0.1) is 0 Å². The first-order valence-corrected chi connectivity index (χ1v) is 9.67. The molecule has 0 amide bonds. The van der Waals surface area contributed by atoms with Crippen molar-refractivity contribution < 1.29 is 28.2 Å². The highest BCUT2D eigenvalue weighted by Crippen LogP contribution is 2.26. The van der Waals surface area contributed by atoms with Gasteiger partial charge in [-0.2, -0.15) is 0 Å². The highest BCUT2D eigenvalue weighted by atomic mass is 35.5. The minimum absolute atomic E-state index is 0.0250. The predicted molar refractivity (Wildman–Crippen MR) is 102 cm³/mol. The number of H-pyrrole nitrogens is 1. The third kappa shape index (κ3) is 5.11. The smallest absolute Gasteiger partial charge is 0.344 e. The number of aromatic amines is 1. The molecule has 0 unspecified atom stereocenters. The molecule has 0 bridgehead atoms. The van der Waals surface area contributed by atoms with Crippen molar-refractivity contribution in [2.24, 2.45) is 0 Å². The number of ether oxygens (including phenoxy) is 2. The number of aromatic nitrogens is 1. The number of halogens is 2. The van der Waals surface area contributed by atoms with Gasteiger partial charge in [-0.25, -0.2) is 9.18 Å². The van der Waals surface area contributed by atoms with E-state index in [1.807, 2.05) is 0 Å². The molecule has 1 aromatic carbocycles. The van der Waals surface area contributed by atoms with Crippen molar-refractivity contribution in [3.05, 3.63) is 38.8 Å². The van der Waals surface area contributed by atoms with E-state index in [2.05, 4.69) is 4.98 Å². The number of Topliss-reactive ketones (excluding diaryl/α,β-unsaturated/α-hetero) is 1. The Morgan fingerprint density at radius 3 is 2.50 bits per heavy atom. The molecule has 1 heterocycles. The number of thioether (sulfide) groups is 1. The Kier molecular flexibility index (Phi) is 7.59. The molecule has 0 spiro atoms. The summed E-state index contributed by atoms with van der Waals surface area (Å²) in [6, 6.07) is 2.15. The fourth-order valence-electron chi connectivity index (χ4n) is 2.33. The topological polar surface area (TPSA) is 103 Å². The van der Waals surface area contributed by atoms with E-state index in [4.69, 9.17) is 21.1 Å². The maximum Gasteiger partial charge on any atom is 0.344 e. The summed E-state index contributed by atoms with van der Waals surface area (Å²) < 4.78 is 23.4. The van der Waals surface area contributed by atoms with E-state index in [1.165, 1.54) is 6.07 Å². The van der Waals surface area contributed by atoms with E-state index >= 15 is 0 Å². The molecule has 0 saturated heterocycles. The summed E-state index contributed by atoms with van der Waals surface area (Å²) in [4.78, 5) is 51.2. The van der Waals surface area contributed by atoms with E-state index in [0.29, 0.717) is 0 Å². The number of benzene rings is 1. The van der Waals surface area contributed by atoms with Gasteiger partial charge in [-0.05, 0) is 26.0 Å². The van der Waals surface area contributed by atoms with Crippen LogP contribution in [0.3, 0.4) is 0 Å². The number of ketones is 1. The van der Waals surface area contributed by atoms with Crippen molar-refractivity contribution in [1.29, 1.82) is 0 Å². The molecular formula is C18H17ClFNO6S. The lowest BCUT2D eigenvalue weighted by molar-refractivity contribution is -0.145. The first kappa shape index (κ1) is 21.9. The molecule has 0 aliphatic heterocycles. The lowest BCUT2D eigenvalue weighted by Gasteiger charge is -2.11. The van der Waals surface area contributed by atoms with Crippen molar-refractivity contribution in [3.63, 3.8) is 0 Å². The first-order valence-electron chi connectivity index (χ1n) is 8.30. The number of carbonyl (C=O) groups excluding carboxylic acids is 3. The monoisotopic (exact) mass is 429 g/mol. The fraction of sp³-hybridized carbons (Fsp3) is 0.333. The number of rotatable bonds is 8. The average molecular weight is 430 g/mol. The number of hydrogen-bond acceptors (Lipinski definition) is 7. The Labute approximate surface area is 168 Å². The molecule has 0 aliphatic rings. The molecule has 0 saturated carbocycles. The fourth-order valence-corrected chi connectivity index (χ4v) is 3.41. The number of hydrogen-bond donors (Lipinski definition) is 1. The summed E-state index contributed by atoms with van der Waals surface area (Å²) >= 11 is 6.62. The maximum absolute atomic E-state index is 13.8. The van der Waals surface area contributed by atoms with Gasteiger partial charge in [-0.3, -0.25) is 14.4 Å². The van der Waals surface area contributed by atoms with Crippen LogP contribution in [0.2, 0.25) is 5.02 Å². The Hall–Kier alpha value is -2.39. The van der Waals surface area contributed by atoms with Crippen LogP contribution in [0.15, 0.2) is 22.0 Å². The highest BCUT2D eigenvalue weighted by molar-refractivity contribution is 8.00. The van der Waals surface area contributed by atoms with Crippen LogP contribution in [0, 0.1) is 5.82 Å². The van der Waals surface area contributed by atoms with Crippen LogP contribution in [0.1, 0.15) is 30.6 Å². The summed E-state index contributed by atoms with van der Waals surface area (Å²) in [7, 11) is 0. The number of carbonyl (C=O) groups is 3. The van der Waals surface area contributed by atoms with Crippen LogP contribution in [-0.4, -0.2) is 41.7 Å². The zero-order chi connectivity index (χ0) is 20.8. The summed E-state index contributed by atoms with van der Waals surface area (Å²) in [5.74, 6) is -3.01. The lowest BCUT2D eigenvalue weighted by Crippen LogP contribution is -2.21. The van der Waals surface area contributed by atoms with Crippen LogP contribution in [0.25, 0.3) is 10.9 Å². The molecule has 2 rings (SSSR count). The highest BCUT2D eigenvalue weighted by Gasteiger charge is 2.22. The molecule has 0 radical (unpaired) electrons. The molecular weight excluding hydrogens is 413 g/mol. The van der Waals surface area contributed by atoms with Gasteiger partial charge in [-0.1, -0.05) is 23.4 Å². The minimum Gasteiger partial charge on any atom is -0.466 e. The summed E-state index contributed by atoms with van der Waals surface area (Å²) in [6.07, 6.45) is -0.426. The van der Waals surface area contributed by atoms with Gasteiger partial charge in [0.2, 0.25) is 5.43 Å². The van der Waals surface area contributed by atoms with Crippen LogP contribution in [0.5, 0.6) is 0 Å². The second-order valence-electron chi connectivity index (χ2n) is 5.50. The van der Waals surface area contributed by atoms with E-state index in [9.17, 15) is 23.6 Å². The van der Waals surface area contributed by atoms with Crippen LogP contribution in [0.4, 0.5) is 4.39 Å². The maximum atomic E-state index is 13.8. The third-order valence-electron chi connectivity index (χ3n) is 3.51. The van der Waals surface area contributed by atoms with Crippen LogP contribution >= 0.6 is 23.4 Å². The van der Waals surface area contributed by atoms with Crippen molar-refractivity contribution in [1.82, 2.24) is 4.98 Å². The molecule has 1 aromatic heterocycles. The molecule has 10 heteroatoms. The molecule has 150 valence electrons. The Morgan fingerprint density at radius 1 is 1.18 bits per heavy atom. The van der Waals surface area contributed by atoms with Gasteiger partial charge in [0.15, 0.2) is 5.78 Å². The normalized spacial score (nSPS) is 10.7. The van der Waals surface area contributed by atoms with E-state index in [1.54, 1.807) is 13.8 Å². The molecule has 0 fully saturated rings. The van der Waals surface area contributed by atoms with Gasteiger partial charge in [0, 0.05) is 5.39 Å². The average Bonchev–Trinajstić information content (AvgIpc) is 2.62. The van der Waals surface area contributed by atoms with Gasteiger partial charge in [0.1, 0.15) is 17.8 Å². The molecule has 0 atom stereocenters. The second kappa shape index (κ2) is 9.70. The summed E-state index contributed by atoms with van der Waals surface area (Å²) in [6.45, 7) is 3.37. The number of nitrogens with one attached hydrogen (secondary N) is 1. The first-order chi connectivity index (χ1) is 13.3. The molecule has 2 aromatic rings. The molecule has 7 nitrogen and oxygen atoms in total. The standard InChI is InChI=1S/C18H17ClFNO6S/c1-3-26-14(23)5-9(22)8-28-17-15(18(25)27-4-2)16(24)10-6-12(20)11(19)7-13(10)21-17/h6-7H,3-5,8H2,1-2H3,(H,21,24). The number of esters is 2. The van der Waals surface area contributed by atoms with Crippen molar-refractivity contribution in [2.75, 3.05) is 19.0 Å². The van der Waals surface area contributed by atoms with Crippen molar-refractivity contribution in [3.8, 4) is 0 Å². The third-order valence-corrected chi connectivity index (χ3v) is 4.86. The summed E-state index contributed by atoms with van der Waals surface area (Å²) in [5.41, 5.74) is -0.891. The molecule has 1 N–H and O–H groups in total. The van der Waals surface area contributed by atoms with Crippen LogP contribution < -0.4 is 5.43 Å². The van der Waals surface area contributed by atoms with E-state index in [-0.39, 0.29) is 45.5 Å². The van der Waals surface area contributed by atoms with E-state index < -0.39 is 35.4 Å². The van der Waals surface area contributed by atoms with Gasteiger partial charge in [0.05, 0.1) is 34.5 Å². The van der Waals surface area contributed by atoms with Crippen LogP contribution in [-0.2, 0) is 19.1 Å². The second-order valence-corrected chi connectivity index (χ2v) is 6.89. The van der Waals surface area contributed by atoms with Gasteiger partial charge in [0.25, 0.3) is 0 Å². The zero-order valence-electron chi connectivity index (χ0n) is 15.1. The lowest BCUT2D eigenvalue weighted by atomic mass is 10.1. The predicted octanol–water partition coefficient (Wildman–Crippen LogP) is 3.11. The van der Waals surface area contributed by atoms with E-state index in [0.717, 1.165) is 17.8 Å². The molecule has 0 aliphatic carbocycles. The van der Waals surface area contributed by atoms with Gasteiger partial charge < -0.3 is 14.5 Å². The minimum atomic E-state index is -0.902. The zero-order valence-corrected chi connectivity index (χ0v) is 16.7. The number of pyridine rings is 1. The Bertz CT molecular complexity index is 990. The largest absolute Gasteiger partial charge is 0.466 e. The molecule has 28 heavy (non-hydrogen) atoms. The Balaban J connectivity index is 2.42. The summed E-state index contributed by atoms with van der Waals surface area (Å²) in [5, 5.41) is -0.218. The SMILES string of the molecule is CCOC(=O)CC(=O)CSc1[nH]c2cc(Cl)c(F)cc2c(=O)c1C(=O)OCC. The Morgan fingerprint density at radius 2 is 1.86 bits per heavy atom. The van der Waals surface area contributed by atoms with Gasteiger partial charge >= 0.3 is 11.9 Å². The van der Waals surface area contributed by atoms with Crippen molar-refractivity contribution in [2.45, 2.75) is 25.3 Å².